The largest absolute Gasteiger partial charge is 0.337 e. The Hall–Kier alpha value is -2.69. The van der Waals surface area contributed by atoms with Crippen molar-refractivity contribution in [3.8, 4) is 0 Å². The van der Waals surface area contributed by atoms with Gasteiger partial charge in [-0.1, -0.05) is 28.9 Å². The van der Waals surface area contributed by atoms with Crippen LogP contribution in [-0.4, -0.2) is 28.0 Å². The van der Waals surface area contributed by atoms with E-state index in [2.05, 4.69) is 42.2 Å². The summed E-state index contributed by atoms with van der Waals surface area (Å²) in [6, 6.07) is 8.05. The van der Waals surface area contributed by atoms with E-state index >= 15 is 0 Å². The molecule has 3 rings (SSSR count). The Morgan fingerprint density at radius 3 is 2.74 bits per heavy atom. The summed E-state index contributed by atoms with van der Waals surface area (Å²) in [6.07, 6.45) is 1.54. The highest BCUT2D eigenvalue weighted by Crippen LogP contribution is 2.19. The molecule has 118 valence electrons. The molecule has 5 heteroatoms. The maximum Gasteiger partial charge on any atom is 0.257 e. The number of hydrogen-bond donors (Lipinski definition) is 0. The third-order valence-corrected chi connectivity index (χ3v) is 4.01. The van der Waals surface area contributed by atoms with Crippen LogP contribution in [0.4, 0.5) is 0 Å². The molecule has 0 aliphatic rings. The lowest BCUT2D eigenvalue weighted by Crippen LogP contribution is -2.26. The summed E-state index contributed by atoms with van der Waals surface area (Å²) in [5.41, 5.74) is 5.28. The Kier molecular flexibility index (Phi) is 3.86. The maximum atomic E-state index is 12.6. The van der Waals surface area contributed by atoms with Crippen LogP contribution in [-0.2, 0) is 6.54 Å². The minimum Gasteiger partial charge on any atom is -0.337 e. The fourth-order valence-electron chi connectivity index (χ4n) is 2.63. The van der Waals surface area contributed by atoms with Gasteiger partial charge in [-0.05, 0) is 38.0 Å². The molecule has 0 aliphatic heterocycles. The van der Waals surface area contributed by atoms with Crippen molar-refractivity contribution >= 4 is 17.0 Å². The fourth-order valence-corrected chi connectivity index (χ4v) is 2.63. The van der Waals surface area contributed by atoms with Crippen molar-refractivity contribution in [1.82, 2.24) is 15.0 Å². The van der Waals surface area contributed by atoms with Crippen LogP contribution in [0.1, 0.15) is 32.7 Å². The van der Waals surface area contributed by atoms with Gasteiger partial charge in [0.25, 0.3) is 11.6 Å². The molecule has 5 nitrogen and oxygen atoms in total. The minimum absolute atomic E-state index is 0.0695. The Bertz CT molecular complexity index is 883. The normalized spacial score (nSPS) is 11.0. The van der Waals surface area contributed by atoms with Crippen molar-refractivity contribution in [3.63, 3.8) is 0 Å². The molecule has 0 fully saturated rings. The molecule has 0 saturated heterocycles. The van der Waals surface area contributed by atoms with Gasteiger partial charge >= 0.3 is 0 Å². The number of nitrogens with zero attached hydrogens (tertiary/aromatic N) is 3. The van der Waals surface area contributed by atoms with E-state index in [1.807, 2.05) is 6.92 Å². The van der Waals surface area contributed by atoms with Crippen molar-refractivity contribution in [3.05, 3.63) is 58.4 Å². The summed E-state index contributed by atoms with van der Waals surface area (Å²) >= 11 is 0. The molecule has 0 N–H and O–H groups in total. The average molecular weight is 309 g/mol. The molecule has 1 aromatic carbocycles. The smallest absolute Gasteiger partial charge is 0.257 e. The Labute approximate surface area is 134 Å². The maximum absolute atomic E-state index is 12.6. The zero-order chi connectivity index (χ0) is 16.6. The molecule has 1 amide bonds. The Balaban J connectivity index is 1.84. The quantitative estimate of drug-likeness (QED) is 0.744. The summed E-state index contributed by atoms with van der Waals surface area (Å²) in [5.74, 6) is -0.0695. The lowest BCUT2D eigenvalue weighted by Gasteiger charge is -2.18. The highest BCUT2D eigenvalue weighted by molar-refractivity contribution is 5.96. The molecule has 3 aromatic rings. The number of fused-ring (bicyclic) bond motifs is 1. The van der Waals surface area contributed by atoms with Crippen molar-refractivity contribution in [1.29, 1.82) is 0 Å². The topological polar surface area (TPSA) is 59.2 Å². The molecule has 0 unspecified atom stereocenters. The van der Waals surface area contributed by atoms with Gasteiger partial charge in [-0.25, -0.2) is 4.98 Å². The summed E-state index contributed by atoms with van der Waals surface area (Å²) < 4.78 is 5.08. The third kappa shape index (κ3) is 2.95. The molecule has 0 spiro atoms. The second kappa shape index (κ2) is 5.83. The van der Waals surface area contributed by atoms with Crippen LogP contribution < -0.4 is 0 Å². The van der Waals surface area contributed by atoms with E-state index in [0.717, 1.165) is 16.6 Å². The van der Waals surface area contributed by atoms with Gasteiger partial charge < -0.3 is 9.42 Å². The van der Waals surface area contributed by atoms with Crippen LogP contribution in [0.2, 0.25) is 0 Å². The van der Waals surface area contributed by atoms with Crippen molar-refractivity contribution in [2.45, 2.75) is 27.3 Å². The minimum atomic E-state index is -0.0695. The predicted molar refractivity (Wildman–Crippen MR) is 88.3 cm³/mol. The zero-order valence-electron chi connectivity index (χ0n) is 13.8. The number of carbonyl (C=O) groups is 1. The number of benzene rings is 1. The third-order valence-electron chi connectivity index (χ3n) is 4.01. The van der Waals surface area contributed by atoms with E-state index in [0.29, 0.717) is 17.8 Å². The number of carbonyl (C=O) groups excluding carboxylic acids is 1. The fraction of sp³-hybridized carbons (Fsp3) is 0.278. The second-order valence-corrected chi connectivity index (χ2v) is 5.94. The van der Waals surface area contributed by atoms with Crippen LogP contribution in [0.3, 0.4) is 0 Å². The van der Waals surface area contributed by atoms with Gasteiger partial charge in [0.2, 0.25) is 0 Å². The van der Waals surface area contributed by atoms with Crippen LogP contribution >= 0.6 is 0 Å². The van der Waals surface area contributed by atoms with Crippen molar-refractivity contribution in [2.75, 3.05) is 7.05 Å². The van der Waals surface area contributed by atoms with E-state index in [1.165, 1.54) is 17.3 Å². The molecule has 2 aromatic heterocycles. The van der Waals surface area contributed by atoms with E-state index < -0.39 is 0 Å². The zero-order valence-corrected chi connectivity index (χ0v) is 13.8. The molecule has 0 aliphatic carbocycles. The van der Waals surface area contributed by atoms with E-state index in [4.69, 9.17) is 4.52 Å². The second-order valence-electron chi connectivity index (χ2n) is 5.94. The van der Waals surface area contributed by atoms with Crippen molar-refractivity contribution < 1.29 is 9.32 Å². The summed E-state index contributed by atoms with van der Waals surface area (Å²) in [5, 5.41) is 4.64. The molecule has 0 bridgehead atoms. The summed E-state index contributed by atoms with van der Waals surface area (Å²) in [4.78, 5) is 18.5. The first-order valence-electron chi connectivity index (χ1n) is 7.49. The molecular weight excluding hydrogens is 290 g/mol. The Morgan fingerprint density at radius 2 is 2.00 bits per heavy atom. The number of amides is 1. The van der Waals surface area contributed by atoms with Gasteiger partial charge in [-0.3, -0.25) is 4.79 Å². The lowest BCUT2D eigenvalue weighted by atomic mass is 10.1. The molecule has 2 heterocycles. The lowest BCUT2D eigenvalue weighted by molar-refractivity contribution is 0.0784. The van der Waals surface area contributed by atoms with Crippen LogP contribution in [0.15, 0.2) is 35.0 Å². The first-order chi connectivity index (χ1) is 11.0. The molecule has 0 saturated carbocycles. The van der Waals surface area contributed by atoms with Gasteiger partial charge in [0.15, 0.2) is 0 Å². The predicted octanol–water partition coefficient (Wildman–Crippen LogP) is 3.42. The first-order valence-corrected chi connectivity index (χ1v) is 7.49. The van der Waals surface area contributed by atoms with E-state index in [-0.39, 0.29) is 5.91 Å². The van der Waals surface area contributed by atoms with Gasteiger partial charge in [-0.2, -0.15) is 0 Å². The number of aromatic nitrogens is 2. The first kappa shape index (κ1) is 15.2. The molecule has 0 radical (unpaired) electrons. The van der Waals surface area contributed by atoms with E-state index in [1.54, 1.807) is 18.0 Å². The van der Waals surface area contributed by atoms with Gasteiger partial charge in [0.05, 0.1) is 16.6 Å². The number of rotatable bonds is 3. The van der Waals surface area contributed by atoms with Gasteiger partial charge in [-0.15, -0.1) is 0 Å². The highest BCUT2D eigenvalue weighted by Gasteiger charge is 2.16. The summed E-state index contributed by atoms with van der Waals surface area (Å²) in [6.45, 7) is 6.52. The monoisotopic (exact) mass is 309 g/mol. The molecular formula is C18H19N3O2. The number of aryl methyl sites for hydroxylation is 3. The molecule has 0 atom stereocenters. The van der Waals surface area contributed by atoms with Crippen LogP contribution in [0.5, 0.6) is 0 Å². The van der Waals surface area contributed by atoms with E-state index in [9.17, 15) is 4.79 Å². The molecule has 23 heavy (non-hydrogen) atoms. The summed E-state index contributed by atoms with van der Waals surface area (Å²) in [7, 11) is 1.80. The van der Waals surface area contributed by atoms with Crippen LogP contribution in [0, 0.1) is 20.8 Å². The highest BCUT2D eigenvalue weighted by atomic mass is 16.5. The van der Waals surface area contributed by atoms with Crippen molar-refractivity contribution in [2.24, 2.45) is 0 Å². The average Bonchev–Trinajstić information content (AvgIpc) is 2.90. The van der Waals surface area contributed by atoms with Gasteiger partial charge in [0.1, 0.15) is 0 Å². The van der Waals surface area contributed by atoms with Crippen LogP contribution in [0.25, 0.3) is 11.1 Å². The Morgan fingerprint density at radius 1 is 1.22 bits per heavy atom. The SMILES string of the molecule is Cc1ccc(CN(C)C(=O)c2cnc3onc(C)c3c2)c(C)c1. The standard InChI is InChI=1S/C18H19N3O2/c1-11-5-6-14(12(2)7-11)10-21(4)18(22)15-8-16-13(3)20-23-17(16)19-9-15/h5-9H,10H2,1-4H3. The number of pyridine rings is 1. The number of hydrogen-bond acceptors (Lipinski definition) is 4. The van der Waals surface area contributed by atoms with Gasteiger partial charge in [0, 0.05) is 19.8 Å².